The van der Waals surface area contributed by atoms with Crippen LogP contribution in [-0.2, 0) is 7.05 Å². The number of pyridine rings is 1. The van der Waals surface area contributed by atoms with Crippen molar-refractivity contribution in [3.8, 4) is 5.75 Å². The summed E-state index contributed by atoms with van der Waals surface area (Å²) in [7, 11) is 1.72. The van der Waals surface area contributed by atoms with Crippen molar-refractivity contribution in [2.75, 3.05) is 0 Å². The van der Waals surface area contributed by atoms with Crippen LogP contribution < -0.4 is 5.56 Å². The van der Waals surface area contributed by atoms with Gasteiger partial charge in [0.05, 0.1) is 6.20 Å². The highest BCUT2D eigenvalue weighted by Gasteiger charge is 2.03. The lowest BCUT2D eigenvalue weighted by molar-refractivity contribution is 0.468. The van der Waals surface area contributed by atoms with Crippen molar-refractivity contribution in [1.82, 2.24) is 14.8 Å². The molecule has 0 saturated heterocycles. The molecule has 2 rings (SSSR count). The largest absolute Gasteiger partial charge is 0.503 e. The molecular weight excluding hydrogens is 158 g/mol. The number of aromatic hydroxyl groups is 1. The van der Waals surface area contributed by atoms with Crippen LogP contribution >= 0.6 is 0 Å². The second kappa shape index (κ2) is 2.10. The normalized spacial score (nSPS) is 10.8. The molecule has 2 aromatic rings. The van der Waals surface area contributed by atoms with Crippen molar-refractivity contribution in [3.63, 3.8) is 0 Å². The summed E-state index contributed by atoms with van der Waals surface area (Å²) < 4.78 is 1.54. The fraction of sp³-hybridized carbons (Fsp3) is 0.143. The van der Waals surface area contributed by atoms with Gasteiger partial charge in [0.1, 0.15) is 5.65 Å². The lowest BCUT2D eigenvalue weighted by atomic mass is 10.3. The molecule has 0 saturated carbocycles. The zero-order valence-electron chi connectivity index (χ0n) is 6.40. The van der Waals surface area contributed by atoms with Crippen LogP contribution in [0.25, 0.3) is 11.0 Å². The van der Waals surface area contributed by atoms with E-state index >= 15 is 0 Å². The topological polar surface area (TPSA) is 70.9 Å². The quantitative estimate of drug-likeness (QED) is 0.575. The summed E-state index contributed by atoms with van der Waals surface area (Å²) in [6.45, 7) is 0. The van der Waals surface area contributed by atoms with Crippen LogP contribution in [0.3, 0.4) is 0 Å². The van der Waals surface area contributed by atoms with E-state index < -0.39 is 5.56 Å². The first kappa shape index (κ1) is 6.90. The van der Waals surface area contributed by atoms with E-state index in [1.165, 1.54) is 10.7 Å². The van der Waals surface area contributed by atoms with Crippen molar-refractivity contribution in [1.29, 1.82) is 0 Å². The first-order valence-electron chi connectivity index (χ1n) is 3.42. The Balaban J connectivity index is 2.97. The third kappa shape index (κ3) is 0.795. The molecule has 0 bridgehead atoms. The van der Waals surface area contributed by atoms with Crippen LogP contribution in [0.15, 0.2) is 17.1 Å². The van der Waals surface area contributed by atoms with E-state index in [4.69, 9.17) is 5.11 Å². The molecule has 0 unspecified atom stereocenters. The molecule has 5 heteroatoms. The second-order valence-electron chi connectivity index (χ2n) is 2.56. The van der Waals surface area contributed by atoms with Crippen molar-refractivity contribution in [3.05, 3.63) is 22.6 Å². The van der Waals surface area contributed by atoms with E-state index in [9.17, 15) is 4.79 Å². The molecule has 0 radical (unpaired) electrons. The Morgan fingerprint density at radius 1 is 1.67 bits per heavy atom. The highest BCUT2D eigenvalue weighted by Crippen LogP contribution is 2.11. The lowest BCUT2D eigenvalue weighted by Crippen LogP contribution is -2.06. The SMILES string of the molecule is Cn1ncc2cc(O)c(=O)[nH]c21. The summed E-state index contributed by atoms with van der Waals surface area (Å²) in [5, 5.41) is 13.7. The van der Waals surface area contributed by atoms with Crippen molar-refractivity contribution < 1.29 is 5.11 Å². The molecule has 5 nitrogen and oxygen atoms in total. The molecular formula is C7H7N3O2. The van der Waals surface area contributed by atoms with Gasteiger partial charge in [-0.2, -0.15) is 5.10 Å². The Morgan fingerprint density at radius 3 is 3.17 bits per heavy atom. The average molecular weight is 165 g/mol. The smallest absolute Gasteiger partial charge is 0.291 e. The van der Waals surface area contributed by atoms with Gasteiger partial charge in [-0.1, -0.05) is 0 Å². The van der Waals surface area contributed by atoms with Gasteiger partial charge in [-0.05, 0) is 6.07 Å². The summed E-state index contributed by atoms with van der Waals surface area (Å²) in [5.41, 5.74) is 0.115. The first-order valence-corrected chi connectivity index (χ1v) is 3.42. The number of aryl methyl sites for hydroxylation is 1. The summed E-state index contributed by atoms with van der Waals surface area (Å²) in [6, 6.07) is 1.39. The van der Waals surface area contributed by atoms with Gasteiger partial charge in [-0.15, -0.1) is 0 Å². The van der Waals surface area contributed by atoms with Crippen molar-refractivity contribution >= 4 is 11.0 Å². The monoisotopic (exact) mass is 165 g/mol. The highest BCUT2D eigenvalue weighted by atomic mass is 16.3. The molecule has 0 atom stereocenters. The van der Waals surface area contributed by atoms with Crippen LogP contribution in [0.5, 0.6) is 5.75 Å². The molecule has 0 fully saturated rings. The predicted molar refractivity (Wildman–Crippen MR) is 43.0 cm³/mol. The molecule has 0 aliphatic heterocycles. The molecule has 0 aromatic carbocycles. The van der Waals surface area contributed by atoms with E-state index in [0.29, 0.717) is 5.65 Å². The van der Waals surface area contributed by atoms with Gasteiger partial charge in [0.15, 0.2) is 5.75 Å². The molecule has 0 amide bonds. The minimum Gasteiger partial charge on any atom is -0.503 e. The Morgan fingerprint density at radius 2 is 2.42 bits per heavy atom. The highest BCUT2D eigenvalue weighted by molar-refractivity contribution is 5.75. The van der Waals surface area contributed by atoms with Crippen LogP contribution in [-0.4, -0.2) is 19.9 Å². The van der Waals surface area contributed by atoms with Gasteiger partial charge in [0.2, 0.25) is 0 Å². The zero-order valence-corrected chi connectivity index (χ0v) is 6.40. The first-order chi connectivity index (χ1) is 5.68. The van der Waals surface area contributed by atoms with Gasteiger partial charge in [-0.25, -0.2) is 0 Å². The number of nitrogens with one attached hydrogen (secondary N) is 1. The summed E-state index contributed by atoms with van der Waals surface area (Å²) in [6.07, 6.45) is 1.57. The van der Waals surface area contributed by atoms with Crippen LogP contribution in [0.1, 0.15) is 0 Å². The maximum atomic E-state index is 10.9. The number of nitrogens with zero attached hydrogens (tertiary/aromatic N) is 2. The molecule has 0 spiro atoms. The van der Waals surface area contributed by atoms with Crippen molar-refractivity contribution in [2.24, 2.45) is 7.05 Å². The fourth-order valence-electron chi connectivity index (χ4n) is 1.10. The standard InChI is InChI=1S/C7H7N3O2/c1-10-6-4(3-8-10)2-5(11)7(12)9-6/h2-3,11H,1H3,(H,9,12). The maximum Gasteiger partial charge on any atom is 0.291 e. The molecule has 2 N–H and O–H groups in total. The number of hydrogen-bond donors (Lipinski definition) is 2. The van der Waals surface area contributed by atoms with Gasteiger partial charge in [0, 0.05) is 12.4 Å². The van der Waals surface area contributed by atoms with Gasteiger partial charge >= 0.3 is 0 Å². The van der Waals surface area contributed by atoms with Crippen LogP contribution in [0.4, 0.5) is 0 Å². The van der Waals surface area contributed by atoms with E-state index in [-0.39, 0.29) is 5.75 Å². The summed E-state index contributed by atoms with van der Waals surface area (Å²) >= 11 is 0. The molecule has 62 valence electrons. The number of H-pyrrole nitrogens is 1. The number of aromatic amines is 1. The van der Waals surface area contributed by atoms with E-state index in [1.807, 2.05) is 0 Å². The molecule has 0 aliphatic carbocycles. The minimum absolute atomic E-state index is 0.282. The Kier molecular flexibility index (Phi) is 1.21. The van der Waals surface area contributed by atoms with Gasteiger partial charge in [0.25, 0.3) is 5.56 Å². The second-order valence-corrected chi connectivity index (χ2v) is 2.56. The van der Waals surface area contributed by atoms with Gasteiger partial charge in [-0.3, -0.25) is 9.48 Å². The summed E-state index contributed by atoms with van der Waals surface area (Å²) in [4.78, 5) is 13.4. The van der Waals surface area contributed by atoms with E-state index in [0.717, 1.165) is 5.39 Å². The predicted octanol–water partition coefficient (Wildman–Crippen LogP) is -0.0328. The third-order valence-electron chi connectivity index (χ3n) is 1.72. The molecule has 0 aliphatic rings. The summed E-state index contributed by atoms with van der Waals surface area (Å²) in [5.74, 6) is -0.282. The van der Waals surface area contributed by atoms with Crippen LogP contribution in [0, 0.1) is 0 Å². The van der Waals surface area contributed by atoms with Crippen molar-refractivity contribution in [2.45, 2.75) is 0 Å². The zero-order chi connectivity index (χ0) is 8.72. The number of fused-ring (bicyclic) bond motifs is 1. The number of rotatable bonds is 0. The molecule has 12 heavy (non-hydrogen) atoms. The Labute approximate surface area is 67.3 Å². The van der Waals surface area contributed by atoms with E-state index in [2.05, 4.69) is 10.1 Å². The maximum absolute atomic E-state index is 10.9. The van der Waals surface area contributed by atoms with E-state index in [1.54, 1.807) is 13.2 Å². The Bertz CT molecular complexity index is 483. The van der Waals surface area contributed by atoms with Crippen LogP contribution in [0.2, 0.25) is 0 Å². The Hall–Kier alpha value is -1.78. The number of aromatic nitrogens is 3. The fourth-order valence-corrected chi connectivity index (χ4v) is 1.10. The number of hydrogen-bond acceptors (Lipinski definition) is 3. The minimum atomic E-state index is -0.494. The molecule has 2 aromatic heterocycles. The molecule has 2 heterocycles. The van der Waals surface area contributed by atoms with Gasteiger partial charge < -0.3 is 10.1 Å². The third-order valence-corrected chi connectivity index (χ3v) is 1.72. The lowest BCUT2D eigenvalue weighted by Gasteiger charge is -1.93. The average Bonchev–Trinajstić information content (AvgIpc) is 2.35.